The summed E-state index contributed by atoms with van der Waals surface area (Å²) in [5.41, 5.74) is 2.33. The average Bonchev–Trinajstić information content (AvgIpc) is 3.14. The van der Waals surface area contributed by atoms with Crippen LogP contribution in [0, 0.1) is 6.92 Å². The molecule has 0 unspecified atom stereocenters. The molecule has 0 radical (unpaired) electrons. The minimum Gasteiger partial charge on any atom is -0.338 e. The van der Waals surface area contributed by atoms with Crippen molar-refractivity contribution >= 4 is 11.8 Å². The van der Waals surface area contributed by atoms with E-state index < -0.39 is 0 Å². The van der Waals surface area contributed by atoms with Gasteiger partial charge in [-0.15, -0.1) is 0 Å². The Morgan fingerprint density at radius 1 is 1.33 bits per heavy atom. The van der Waals surface area contributed by atoms with Crippen molar-refractivity contribution in [1.82, 2.24) is 19.7 Å². The first kappa shape index (κ1) is 13.9. The molecular formula is C15H16N4OS. The summed E-state index contributed by atoms with van der Waals surface area (Å²) in [4.78, 5) is 8.71. The zero-order valence-corrected chi connectivity index (χ0v) is 12.8. The molecule has 2 heterocycles. The molecule has 0 aliphatic rings. The summed E-state index contributed by atoms with van der Waals surface area (Å²) < 4.78 is 7.26. The molecule has 3 rings (SSSR count). The molecule has 2 aromatic heterocycles. The van der Waals surface area contributed by atoms with Gasteiger partial charge in [0.2, 0.25) is 5.89 Å². The monoisotopic (exact) mass is 300 g/mol. The summed E-state index contributed by atoms with van der Waals surface area (Å²) in [6.45, 7) is 4.09. The van der Waals surface area contributed by atoms with Crippen LogP contribution in [0.1, 0.15) is 24.2 Å². The van der Waals surface area contributed by atoms with E-state index in [4.69, 9.17) is 4.52 Å². The second kappa shape index (κ2) is 6.13. The van der Waals surface area contributed by atoms with Crippen LogP contribution in [0.25, 0.3) is 5.69 Å². The maximum absolute atomic E-state index is 5.20. The maximum Gasteiger partial charge on any atom is 0.237 e. The fraction of sp³-hybridized carbons (Fsp3) is 0.267. The van der Waals surface area contributed by atoms with Crippen LogP contribution in [0.2, 0.25) is 0 Å². The zero-order chi connectivity index (χ0) is 14.7. The molecule has 6 heteroatoms. The third-order valence-corrected chi connectivity index (χ3v) is 3.99. The lowest BCUT2D eigenvalue weighted by Crippen LogP contribution is -1.95. The van der Waals surface area contributed by atoms with Crippen LogP contribution in [-0.2, 0) is 12.2 Å². The van der Waals surface area contributed by atoms with Gasteiger partial charge in [0.25, 0.3) is 0 Å². The van der Waals surface area contributed by atoms with Crippen molar-refractivity contribution in [2.24, 2.45) is 0 Å². The highest BCUT2D eigenvalue weighted by atomic mass is 32.2. The van der Waals surface area contributed by atoms with E-state index in [1.54, 1.807) is 18.0 Å². The normalized spacial score (nSPS) is 11.0. The van der Waals surface area contributed by atoms with Gasteiger partial charge in [-0.1, -0.05) is 36.0 Å². The summed E-state index contributed by atoms with van der Waals surface area (Å²) in [5, 5.41) is 4.81. The van der Waals surface area contributed by atoms with Gasteiger partial charge in [0.1, 0.15) is 0 Å². The number of thioether (sulfide) groups is 1. The highest BCUT2D eigenvalue weighted by molar-refractivity contribution is 7.98. The second-order valence-corrected chi connectivity index (χ2v) is 5.61. The first-order valence-electron chi connectivity index (χ1n) is 6.81. The van der Waals surface area contributed by atoms with Crippen molar-refractivity contribution in [1.29, 1.82) is 0 Å². The summed E-state index contributed by atoms with van der Waals surface area (Å²) in [5.74, 6) is 2.00. The number of hydrogen-bond donors (Lipinski definition) is 0. The maximum atomic E-state index is 5.20. The SMILES string of the molecule is CCc1noc(CSc2nccn2-c2cccc(C)c2)n1. The molecule has 0 saturated carbocycles. The first-order valence-corrected chi connectivity index (χ1v) is 7.79. The predicted molar refractivity (Wildman–Crippen MR) is 81.5 cm³/mol. The Kier molecular flexibility index (Phi) is 4.06. The van der Waals surface area contributed by atoms with Crippen molar-refractivity contribution in [3.05, 3.63) is 53.9 Å². The first-order chi connectivity index (χ1) is 10.3. The van der Waals surface area contributed by atoms with Gasteiger partial charge >= 0.3 is 0 Å². The van der Waals surface area contributed by atoms with E-state index in [1.807, 2.05) is 19.2 Å². The van der Waals surface area contributed by atoms with Gasteiger partial charge in [-0.05, 0) is 24.6 Å². The van der Waals surface area contributed by atoms with Crippen molar-refractivity contribution in [3.63, 3.8) is 0 Å². The van der Waals surface area contributed by atoms with Gasteiger partial charge in [0.15, 0.2) is 11.0 Å². The van der Waals surface area contributed by atoms with Crippen LogP contribution in [0.4, 0.5) is 0 Å². The van der Waals surface area contributed by atoms with Gasteiger partial charge in [-0.25, -0.2) is 4.98 Å². The largest absolute Gasteiger partial charge is 0.338 e. The van der Waals surface area contributed by atoms with E-state index in [1.165, 1.54) is 5.56 Å². The molecule has 21 heavy (non-hydrogen) atoms. The van der Waals surface area contributed by atoms with E-state index in [9.17, 15) is 0 Å². The summed E-state index contributed by atoms with van der Waals surface area (Å²) >= 11 is 1.59. The van der Waals surface area contributed by atoms with Gasteiger partial charge in [-0.3, -0.25) is 4.57 Å². The zero-order valence-electron chi connectivity index (χ0n) is 12.0. The number of benzene rings is 1. The average molecular weight is 300 g/mol. The summed E-state index contributed by atoms with van der Waals surface area (Å²) in [6, 6.07) is 8.33. The molecule has 1 aromatic carbocycles. The molecule has 0 aliphatic carbocycles. The Balaban J connectivity index is 1.76. The van der Waals surface area contributed by atoms with Crippen LogP contribution < -0.4 is 0 Å². The standard InChI is InChI=1S/C15H16N4OS/c1-3-13-17-14(20-18-13)10-21-15-16-7-8-19(15)12-6-4-5-11(2)9-12/h4-9H,3,10H2,1-2H3. The molecular weight excluding hydrogens is 284 g/mol. The van der Waals surface area contributed by atoms with Crippen LogP contribution in [0.15, 0.2) is 46.3 Å². The molecule has 0 saturated heterocycles. The Morgan fingerprint density at radius 2 is 2.24 bits per heavy atom. The molecule has 108 valence electrons. The fourth-order valence-electron chi connectivity index (χ4n) is 1.99. The van der Waals surface area contributed by atoms with E-state index in [-0.39, 0.29) is 0 Å². The quantitative estimate of drug-likeness (QED) is 0.676. The van der Waals surface area contributed by atoms with Crippen molar-refractivity contribution in [3.8, 4) is 5.69 Å². The molecule has 0 amide bonds. The Morgan fingerprint density at radius 3 is 3.00 bits per heavy atom. The van der Waals surface area contributed by atoms with E-state index in [0.717, 1.165) is 23.1 Å². The van der Waals surface area contributed by atoms with Gasteiger partial charge in [-0.2, -0.15) is 4.98 Å². The van der Waals surface area contributed by atoms with E-state index >= 15 is 0 Å². The van der Waals surface area contributed by atoms with Crippen LogP contribution in [-0.4, -0.2) is 19.7 Å². The number of hydrogen-bond acceptors (Lipinski definition) is 5. The van der Waals surface area contributed by atoms with Gasteiger partial charge < -0.3 is 4.52 Å². The molecule has 0 bridgehead atoms. The van der Waals surface area contributed by atoms with Gasteiger partial charge in [0, 0.05) is 24.5 Å². The van der Waals surface area contributed by atoms with E-state index in [2.05, 4.69) is 44.8 Å². The molecule has 0 N–H and O–H groups in total. The minimum atomic E-state index is 0.621. The smallest absolute Gasteiger partial charge is 0.237 e. The molecule has 3 aromatic rings. The lowest BCUT2D eigenvalue weighted by molar-refractivity contribution is 0.385. The molecule has 0 spiro atoms. The lowest BCUT2D eigenvalue weighted by atomic mass is 10.2. The topological polar surface area (TPSA) is 56.7 Å². The third kappa shape index (κ3) is 3.16. The van der Waals surface area contributed by atoms with E-state index in [0.29, 0.717) is 11.6 Å². The number of aromatic nitrogens is 4. The minimum absolute atomic E-state index is 0.621. The molecule has 0 aliphatic heterocycles. The van der Waals surface area contributed by atoms with Crippen LogP contribution >= 0.6 is 11.8 Å². The molecule has 0 atom stereocenters. The highest BCUT2D eigenvalue weighted by Crippen LogP contribution is 2.23. The Labute approximate surface area is 127 Å². The van der Waals surface area contributed by atoms with Crippen molar-refractivity contribution in [2.45, 2.75) is 31.2 Å². The lowest BCUT2D eigenvalue weighted by Gasteiger charge is -2.07. The van der Waals surface area contributed by atoms with Crippen LogP contribution in [0.5, 0.6) is 0 Å². The Bertz CT molecular complexity index is 735. The van der Waals surface area contributed by atoms with Gasteiger partial charge in [0.05, 0.1) is 5.75 Å². The Hall–Kier alpha value is -2.08. The number of rotatable bonds is 5. The van der Waals surface area contributed by atoms with Crippen molar-refractivity contribution in [2.75, 3.05) is 0 Å². The highest BCUT2D eigenvalue weighted by Gasteiger charge is 2.10. The molecule has 5 nitrogen and oxygen atoms in total. The number of aryl methyl sites for hydroxylation is 2. The second-order valence-electron chi connectivity index (χ2n) is 4.67. The fourth-order valence-corrected chi connectivity index (χ4v) is 2.80. The molecule has 0 fully saturated rings. The third-order valence-electron chi connectivity index (χ3n) is 3.04. The van der Waals surface area contributed by atoms with Crippen molar-refractivity contribution < 1.29 is 4.52 Å². The van der Waals surface area contributed by atoms with Crippen LogP contribution in [0.3, 0.4) is 0 Å². The predicted octanol–water partition coefficient (Wildman–Crippen LogP) is 3.42. The number of imidazole rings is 1. The summed E-state index contributed by atoms with van der Waals surface area (Å²) in [6.07, 6.45) is 4.55. The number of nitrogens with zero attached hydrogens (tertiary/aromatic N) is 4. The summed E-state index contributed by atoms with van der Waals surface area (Å²) in [7, 11) is 0.